The second-order valence-electron chi connectivity index (χ2n) is 19.9. The maximum Gasteiger partial charge on any atom is 0.293 e. The highest BCUT2D eigenvalue weighted by molar-refractivity contribution is 7.90. The molecule has 0 radical (unpaired) electrons. The van der Waals surface area contributed by atoms with Crippen molar-refractivity contribution in [2.75, 3.05) is 56.5 Å². The summed E-state index contributed by atoms with van der Waals surface area (Å²) < 4.78 is 36.0. The Labute approximate surface area is 387 Å². The number of aromatic nitrogens is 2. The summed E-state index contributed by atoms with van der Waals surface area (Å²) in [5.41, 5.74) is 3.72. The third-order valence-corrected chi connectivity index (χ3v) is 16.2. The number of aliphatic hydroxyl groups is 1. The highest BCUT2D eigenvalue weighted by Gasteiger charge is 2.50. The van der Waals surface area contributed by atoms with Crippen molar-refractivity contribution < 1.29 is 28.0 Å². The summed E-state index contributed by atoms with van der Waals surface area (Å²) in [5, 5.41) is 26.4. The predicted octanol–water partition coefficient (Wildman–Crippen LogP) is 8.60. The molecule has 1 atom stereocenters. The van der Waals surface area contributed by atoms with E-state index in [1.165, 1.54) is 36.1 Å². The van der Waals surface area contributed by atoms with Crippen LogP contribution < -0.4 is 19.7 Å². The number of hydrogen-bond donors (Lipinski definition) is 4. The minimum Gasteiger partial charge on any atom is -0.455 e. The standard InChI is InChI=1S/C50H62N8O7S/c1-33(2)40-7-5-6-8-41(40)45-32-55(4)23-24-57(45)37-28-50(29-37)18-21-56(22-19-50)36-9-11-42(46(26-36)65-38-25-35-15-20-51-47(35)53-31-38)48(59)54-66(63,64)39-10-12-43(44(27-39)58(61)62)52-30-34-13-16-49(3,60)17-14-34/h5-12,15,20,25-27,31,33-34,37,45,52,60H,13-14,16-19,21-24,28-30,32H2,1-4H3,(H,51,53)(H,54,59)/t34?,45-,49?/m0/s1. The molecular weight excluding hydrogens is 857 g/mol. The van der Waals surface area contributed by atoms with Gasteiger partial charge in [0, 0.05) is 80.8 Å². The molecule has 3 aromatic carbocycles. The second-order valence-corrected chi connectivity index (χ2v) is 21.6. The van der Waals surface area contributed by atoms with Crippen molar-refractivity contribution >= 4 is 44.0 Å². The quantitative estimate of drug-likeness (QED) is 0.0652. The first kappa shape index (κ1) is 45.6. The minimum absolute atomic E-state index is 0.0215. The van der Waals surface area contributed by atoms with E-state index in [4.69, 9.17) is 4.74 Å². The number of carbonyl (C=O) groups excluding carboxylic acids is 1. The molecule has 2 saturated heterocycles. The number of rotatable bonds is 13. The average molecular weight is 919 g/mol. The first-order chi connectivity index (χ1) is 31.6. The van der Waals surface area contributed by atoms with Crippen molar-refractivity contribution in [2.45, 2.75) is 101 Å². The van der Waals surface area contributed by atoms with Gasteiger partial charge >= 0.3 is 0 Å². The number of sulfonamides is 1. The van der Waals surface area contributed by atoms with E-state index in [-0.39, 0.29) is 28.3 Å². The zero-order valence-electron chi connectivity index (χ0n) is 38.3. The van der Waals surface area contributed by atoms with Gasteiger partial charge in [-0.25, -0.2) is 18.1 Å². The number of piperazine rings is 1. The fourth-order valence-corrected chi connectivity index (χ4v) is 11.9. The van der Waals surface area contributed by atoms with Crippen LogP contribution >= 0.6 is 0 Å². The molecular formula is C50H62N8O7S. The lowest BCUT2D eigenvalue weighted by Gasteiger charge is -2.58. The number of aromatic amines is 1. The van der Waals surface area contributed by atoms with E-state index in [0.717, 1.165) is 75.5 Å². The summed E-state index contributed by atoms with van der Waals surface area (Å²) >= 11 is 0. The Morgan fingerprint density at radius 1 is 1.00 bits per heavy atom. The minimum atomic E-state index is -4.57. The number of nitrogens with one attached hydrogen (secondary N) is 3. The van der Waals surface area contributed by atoms with Crippen LogP contribution in [0, 0.1) is 21.4 Å². The van der Waals surface area contributed by atoms with Crippen molar-refractivity contribution in [2.24, 2.45) is 11.3 Å². The molecule has 2 saturated carbocycles. The number of nitrogens with zero attached hydrogens (tertiary/aromatic N) is 5. The van der Waals surface area contributed by atoms with E-state index in [1.807, 2.05) is 19.1 Å². The van der Waals surface area contributed by atoms with Gasteiger partial charge in [-0.2, -0.15) is 0 Å². The maximum atomic E-state index is 14.0. The van der Waals surface area contributed by atoms with Crippen LogP contribution in [0.25, 0.3) is 11.0 Å². The second kappa shape index (κ2) is 18.3. The topological polar surface area (TPSA) is 186 Å². The number of carbonyl (C=O) groups is 1. The number of likely N-dealkylation sites (N-methyl/N-ethyl adjacent to an activating group) is 1. The van der Waals surface area contributed by atoms with E-state index in [1.54, 1.807) is 30.6 Å². The zero-order valence-corrected chi connectivity index (χ0v) is 39.1. The smallest absolute Gasteiger partial charge is 0.293 e. The monoisotopic (exact) mass is 918 g/mol. The van der Waals surface area contributed by atoms with Crippen LogP contribution in [0.5, 0.6) is 11.5 Å². The molecule has 1 spiro atoms. The van der Waals surface area contributed by atoms with Crippen molar-refractivity contribution in [1.29, 1.82) is 0 Å². The van der Waals surface area contributed by atoms with Gasteiger partial charge < -0.3 is 29.9 Å². The molecule has 0 unspecified atom stereocenters. The molecule has 4 aliphatic rings. The Balaban J connectivity index is 0.899. The lowest BCUT2D eigenvalue weighted by atomic mass is 9.59. The van der Waals surface area contributed by atoms with Crippen molar-refractivity contribution in [3.63, 3.8) is 0 Å². The van der Waals surface area contributed by atoms with Crippen LogP contribution in [0.2, 0.25) is 0 Å². The van der Waals surface area contributed by atoms with Crippen LogP contribution in [0.4, 0.5) is 17.1 Å². The molecule has 1 amide bonds. The molecule has 4 fully saturated rings. The van der Waals surface area contributed by atoms with Crippen LogP contribution in [0.3, 0.4) is 0 Å². The number of pyridine rings is 1. The molecule has 15 nitrogen and oxygen atoms in total. The Kier molecular flexibility index (Phi) is 12.6. The van der Waals surface area contributed by atoms with Crippen LogP contribution in [0.1, 0.15) is 106 Å². The molecule has 4 heterocycles. The third-order valence-electron chi connectivity index (χ3n) is 14.9. The lowest BCUT2D eigenvalue weighted by molar-refractivity contribution is -0.384. The van der Waals surface area contributed by atoms with E-state index in [9.17, 15) is 28.4 Å². The van der Waals surface area contributed by atoms with Gasteiger partial charge in [0.15, 0.2) is 0 Å². The number of nitro groups is 1. The van der Waals surface area contributed by atoms with Crippen molar-refractivity contribution in [1.82, 2.24) is 24.5 Å². The van der Waals surface area contributed by atoms with Gasteiger partial charge in [0.05, 0.1) is 27.2 Å². The van der Waals surface area contributed by atoms with Gasteiger partial charge in [0.1, 0.15) is 22.8 Å². The fourth-order valence-electron chi connectivity index (χ4n) is 10.9. The number of fused-ring (bicyclic) bond motifs is 1. The summed E-state index contributed by atoms with van der Waals surface area (Å²) in [4.78, 5) is 40.2. The van der Waals surface area contributed by atoms with Crippen LogP contribution in [-0.2, 0) is 10.0 Å². The Hall–Kier alpha value is -5.55. The molecule has 5 aromatic rings. The van der Waals surface area contributed by atoms with Crippen molar-refractivity contribution in [3.8, 4) is 11.5 Å². The first-order valence-corrected chi connectivity index (χ1v) is 24.9. The van der Waals surface area contributed by atoms with Gasteiger partial charge in [0.2, 0.25) is 0 Å². The summed E-state index contributed by atoms with van der Waals surface area (Å²) in [5.74, 6) is 0.243. The SMILES string of the molecule is CC(C)c1ccccc1[C@@H]1CN(C)CCN1C1CC2(CCN(c3ccc(C(=O)NS(=O)(=O)c4ccc(NCC5CCC(C)(O)CC5)c([N+](=O)[O-])c4)c(Oc4cnc5[nH]ccc5c4)c3)CC2)C1. The number of ether oxygens (including phenoxy) is 1. The van der Waals surface area contributed by atoms with Gasteiger partial charge in [-0.1, -0.05) is 38.1 Å². The van der Waals surface area contributed by atoms with Gasteiger partial charge in [0.25, 0.3) is 21.6 Å². The van der Waals surface area contributed by atoms with Crippen LogP contribution in [0.15, 0.2) is 90.1 Å². The molecule has 9 rings (SSSR count). The van der Waals surface area contributed by atoms with Crippen LogP contribution in [-0.4, -0.2) is 102 Å². The summed E-state index contributed by atoms with van der Waals surface area (Å²) in [7, 11) is -2.34. The number of benzene rings is 3. The number of nitro benzene ring substituents is 1. The Bertz CT molecular complexity index is 2700. The van der Waals surface area contributed by atoms with E-state index in [2.05, 4.69) is 79.9 Å². The number of hydrogen-bond acceptors (Lipinski definition) is 12. The highest BCUT2D eigenvalue weighted by Crippen LogP contribution is 2.53. The molecule has 2 aliphatic carbocycles. The number of amides is 1. The normalized spacial score (nSPS) is 22.9. The first-order valence-electron chi connectivity index (χ1n) is 23.4. The molecule has 4 N–H and O–H groups in total. The number of piperidine rings is 1. The summed E-state index contributed by atoms with van der Waals surface area (Å²) in [6.07, 6.45) is 10.6. The van der Waals surface area contributed by atoms with Gasteiger partial charge in [-0.05, 0) is 130 Å². The summed E-state index contributed by atoms with van der Waals surface area (Å²) in [6, 6.07) is 22.3. The zero-order chi connectivity index (χ0) is 46.4. The molecule has 66 heavy (non-hydrogen) atoms. The van der Waals surface area contributed by atoms with Crippen molar-refractivity contribution in [3.05, 3.63) is 112 Å². The largest absolute Gasteiger partial charge is 0.455 e. The summed E-state index contributed by atoms with van der Waals surface area (Å²) in [6.45, 7) is 11.6. The number of anilines is 2. The highest BCUT2D eigenvalue weighted by atomic mass is 32.2. The van der Waals surface area contributed by atoms with Gasteiger partial charge in [-0.3, -0.25) is 19.8 Å². The van der Waals surface area contributed by atoms with E-state index >= 15 is 0 Å². The Morgan fingerprint density at radius 3 is 2.50 bits per heavy atom. The third kappa shape index (κ3) is 9.64. The molecule has 16 heteroatoms. The van der Waals surface area contributed by atoms with E-state index in [0.29, 0.717) is 48.8 Å². The number of H-pyrrole nitrogens is 1. The fraction of sp³-hybridized carbons (Fsp3) is 0.480. The molecule has 2 aliphatic heterocycles. The maximum absolute atomic E-state index is 14.0. The Morgan fingerprint density at radius 2 is 1.76 bits per heavy atom. The van der Waals surface area contributed by atoms with E-state index < -0.39 is 37.0 Å². The lowest BCUT2D eigenvalue weighted by Crippen LogP contribution is -2.59. The molecule has 2 aromatic heterocycles. The van der Waals surface area contributed by atoms with Gasteiger partial charge in [-0.15, -0.1) is 0 Å². The predicted molar refractivity (Wildman–Crippen MR) is 256 cm³/mol. The molecule has 350 valence electrons. The average Bonchev–Trinajstić information content (AvgIpc) is 3.76. The molecule has 0 bridgehead atoms.